The predicted octanol–water partition coefficient (Wildman–Crippen LogP) is 3.09. The van der Waals surface area contributed by atoms with Crippen LogP contribution in [0.5, 0.6) is 0 Å². The van der Waals surface area contributed by atoms with Crippen molar-refractivity contribution in [2.45, 2.75) is 39.6 Å². The zero-order valence-electron chi connectivity index (χ0n) is 10.7. The number of benzene rings is 1. The summed E-state index contributed by atoms with van der Waals surface area (Å²) < 4.78 is 11.2. The minimum Gasteiger partial charge on any atom is -0.433 e. The average Bonchev–Trinajstić information content (AvgIpc) is 2.58. The Morgan fingerprint density at radius 1 is 1.24 bits per heavy atom. The quantitative estimate of drug-likeness (QED) is 0.703. The molecule has 2 atom stereocenters. The van der Waals surface area contributed by atoms with Crippen LogP contribution in [-0.4, -0.2) is 12.3 Å². The SMILES string of the molecule is CC(C)(C)C1OC(=O)[C@@](C)(c2ccccc2)O1.[HH]. The summed E-state index contributed by atoms with van der Waals surface area (Å²) in [7, 11) is 0. The van der Waals surface area contributed by atoms with Crippen LogP contribution >= 0.6 is 0 Å². The van der Waals surface area contributed by atoms with Gasteiger partial charge in [0.05, 0.1) is 0 Å². The maximum atomic E-state index is 12.0. The number of ether oxygens (including phenoxy) is 2. The van der Waals surface area contributed by atoms with Gasteiger partial charge in [0.1, 0.15) is 0 Å². The number of hydrogen-bond donors (Lipinski definition) is 0. The highest BCUT2D eigenvalue weighted by Gasteiger charge is 2.51. The summed E-state index contributed by atoms with van der Waals surface area (Å²) in [6.45, 7) is 7.72. The zero-order valence-corrected chi connectivity index (χ0v) is 10.7. The average molecular weight is 236 g/mol. The molecule has 94 valence electrons. The van der Waals surface area contributed by atoms with Gasteiger partial charge in [0.15, 0.2) is 5.60 Å². The van der Waals surface area contributed by atoms with Crippen LogP contribution in [0.25, 0.3) is 0 Å². The highest BCUT2D eigenvalue weighted by Crippen LogP contribution is 2.40. The molecule has 1 aliphatic rings. The first-order valence-corrected chi connectivity index (χ1v) is 5.78. The predicted molar refractivity (Wildman–Crippen MR) is 66.3 cm³/mol. The van der Waals surface area contributed by atoms with Gasteiger partial charge in [-0.2, -0.15) is 0 Å². The molecule has 1 heterocycles. The fourth-order valence-corrected chi connectivity index (χ4v) is 1.79. The second-order valence-corrected chi connectivity index (χ2v) is 5.62. The Morgan fingerprint density at radius 3 is 2.29 bits per heavy atom. The normalized spacial score (nSPS) is 29.2. The molecule has 0 saturated carbocycles. The van der Waals surface area contributed by atoms with Gasteiger partial charge in [-0.15, -0.1) is 0 Å². The van der Waals surface area contributed by atoms with Gasteiger partial charge in [0.25, 0.3) is 0 Å². The van der Waals surface area contributed by atoms with Gasteiger partial charge in [-0.1, -0.05) is 51.1 Å². The molecule has 1 saturated heterocycles. The first-order valence-electron chi connectivity index (χ1n) is 5.78. The van der Waals surface area contributed by atoms with Gasteiger partial charge in [-0.05, 0) is 12.5 Å². The minimum absolute atomic E-state index is 0. The molecule has 3 heteroatoms. The fraction of sp³-hybridized carbons (Fsp3) is 0.500. The monoisotopic (exact) mass is 236 g/mol. The van der Waals surface area contributed by atoms with E-state index in [4.69, 9.17) is 9.47 Å². The van der Waals surface area contributed by atoms with Crippen LogP contribution < -0.4 is 0 Å². The van der Waals surface area contributed by atoms with E-state index in [-0.39, 0.29) is 12.8 Å². The van der Waals surface area contributed by atoms with Crippen LogP contribution in [0, 0.1) is 5.41 Å². The Kier molecular flexibility index (Phi) is 2.74. The third kappa shape index (κ3) is 2.07. The highest BCUT2D eigenvalue weighted by molar-refractivity contribution is 5.82. The molecule has 1 aromatic carbocycles. The highest BCUT2D eigenvalue weighted by atomic mass is 16.8. The van der Waals surface area contributed by atoms with Gasteiger partial charge < -0.3 is 9.47 Å². The summed E-state index contributed by atoms with van der Waals surface area (Å²) in [5, 5.41) is 0. The maximum Gasteiger partial charge on any atom is 0.345 e. The molecule has 3 nitrogen and oxygen atoms in total. The summed E-state index contributed by atoms with van der Waals surface area (Å²) >= 11 is 0. The van der Waals surface area contributed by atoms with Crippen LogP contribution in [0.4, 0.5) is 0 Å². The topological polar surface area (TPSA) is 35.5 Å². The number of hydrogen-bond acceptors (Lipinski definition) is 3. The van der Waals surface area contributed by atoms with E-state index in [0.29, 0.717) is 0 Å². The molecule has 1 aliphatic heterocycles. The van der Waals surface area contributed by atoms with E-state index in [0.717, 1.165) is 5.56 Å². The molecule has 1 fully saturated rings. The van der Waals surface area contributed by atoms with E-state index in [9.17, 15) is 4.79 Å². The van der Waals surface area contributed by atoms with Crippen molar-refractivity contribution in [3.05, 3.63) is 35.9 Å². The molecular formula is C14H20O3. The van der Waals surface area contributed by atoms with Crippen molar-refractivity contribution < 1.29 is 15.7 Å². The number of carbonyl (C=O) groups excluding carboxylic acids is 1. The van der Waals surface area contributed by atoms with Gasteiger partial charge >= 0.3 is 5.97 Å². The van der Waals surface area contributed by atoms with Crippen LogP contribution in [0.1, 0.15) is 34.7 Å². The second-order valence-electron chi connectivity index (χ2n) is 5.62. The molecule has 0 aliphatic carbocycles. The molecule has 1 unspecified atom stereocenters. The molecule has 17 heavy (non-hydrogen) atoms. The Hall–Kier alpha value is -1.35. The molecule has 1 aromatic rings. The Labute approximate surface area is 103 Å². The van der Waals surface area contributed by atoms with Crippen molar-refractivity contribution in [3.63, 3.8) is 0 Å². The van der Waals surface area contributed by atoms with E-state index in [2.05, 4.69) is 0 Å². The van der Waals surface area contributed by atoms with E-state index < -0.39 is 11.9 Å². The van der Waals surface area contributed by atoms with Gasteiger partial charge in [-0.3, -0.25) is 0 Å². The number of carbonyl (C=O) groups is 1. The summed E-state index contributed by atoms with van der Waals surface area (Å²) in [5.74, 6) is -0.316. The Bertz CT molecular complexity index is 424. The molecular weight excluding hydrogens is 216 g/mol. The number of esters is 1. The van der Waals surface area contributed by atoms with E-state index in [1.807, 2.05) is 51.1 Å². The molecule has 0 bridgehead atoms. The molecule has 0 amide bonds. The lowest BCUT2D eigenvalue weighted by molar-refractivity contribution is -0.155. The van der Waals surface area contributed by atoms with Crippen LogP contribution in [0.3, 0.4) is 0 Å². The maximum absolute atomic E-state index is 12.0. The van der Waals surface area contributed by atoms with Crippen LogP contribution in [0.2, 0.25) is 0 Å². The lowest BCUT2D eigenvalue weighted by Gasteiger charge is -2.26. The van der Waals surface area contributed by atoms with Gasteiger partial charge in [0, 0.05) is 6.84 Å². The minimum atomic E-state index is -0.987. The summed E-state index contributed by atoms with van der Waals surface area (Å²) in [5.41, 5.74) is -0.377. The van der Waals surface area contributed by atoms with Crippen molar-refractivity contribution in [2.24, 2.45) is 5.41 Å². The van der Waals surface area contributed by atoms with E-state index in [1.54, 1.807) is 6.92 Å². The molecule has 0 N–H and O–H groups in total. The summed E-state index contributed by atoms with van der Waals surface area (Å²) in [4.78, 5) is 12.0. The van der Waals surface area contributed by atoms with Crippen LogP contribution in [0.15, 0.2) is 30.3 Å². The molecule has 2 rings (SSSR count). The largest absolute Gasteiger partial charge is 0.433 e. The third-order valence-electron chi connectivity index (χ3n) is 2.98. The molecule has 0 spiro atoms. The smallest absolute Gasteiger partial charge is 0.345 e. The van der Waals surface area contributed by atoms with E-state index in [1.165, 1.54) is 0 Å². The standard InChI is InChI=1S/C14H18O3.H2/c1-13(2,3)12-16-11(15)14(4,17-12)10-8-6-5-7-9-10;/h5-9,12H,1-4H3;1H/t12?,14-;/m1./s1. The first kappa shape index (κ1) is 12.1. The molecule has 0 aromatic heterocycles. The van der Waals surface area contributed by atoms with Gasteiger partial charge in [0.2, 0.25) is 6.29 Å². The van der Waals surface area contributed by atoms with Crippen molar-refractivity contribution in [3.8, 4) is 0 Å². The lowest BCUT2D eigenvalue weighted by Crippen LogP contribution is -2.31. The number of cyclic esters (lactones) is 1. The van der Waals surface area contributed by atoms with Crippen LogP contribution in [-0.2, 0) is 19.9 Å². The van der Waals surface area contributed by atoms with Crippen molar-refractivity contribution in [2.75, 3.05) is 0 Å². The lowest BCUT2D eigenvalue weighted by atomic mass is 9.95. The third-order valence-corrected chi connectivity index (χ3v) is 2.98. The first-order chi connectivity index (χ1) is 7.84. The van der Waals surface area contributed by atoms with E-state index >= 15 is 0 Å². The van der Waals surface area contributed by atoms with Crippen molar-refractivity contribution in [1.29, 1.82) is 0 Å². The van der Waals surface area contributed by atoms with Crippen molar-refractivity contribution in [1.82, 2.24) is 0 Å². The fourth-order valence-electron chi connectivity index (χ4n) is 1.79. The second kappa shape index (κ2) is 3.84. The zero-order chi connectivity index (χ0) is 12.7. The van der Waals surface area contributed by atoms with Gasteiger partial charge in [-0.25, -0.2) is 4.79 Å². The summed E-state index contributed by atoms with van der Waals surface area (Å²) in [6.07, 6.45) is -0.500. The Balaban J connectivity index is 0.00000162. The summed E-state index contributed by atoms with van der Waals surface area (Å²) in [6, 6.07) is 9.45. The number of rotatable bonds is 1. The van der Waals surface area contributed by atoms with Crippen molar-refractivity contribution >= 4 is 5.97 Å². The Morgan fingerprint density at radius 2 is 1.82 bits per heavy atom. The molecule has 0 radical (unpaired) electrons.